The third kappa shape index (κ3) is 3.99. The van der Waals surface area contributed by atoms with Gasteiger partial charge in [0.1, 0.15) is 23.7 Å². The normalized spacial score (nSPS) is 11.0. The summed E-state index contributed by atoms with van der Waals surface area (Å²) in [4.78, 5) is 22.9. The molecule has 0 aliphatic rings. The van der Waals surface area contributed by atoms with Crippen molar-refractivity contribution in [1.82, 2.24) is 9.78 Å². The van der Waals surface area contributed by atoms with Crippen molar-refractivity contribution in [2.24, 2.45) is 0 Å². The largest absolute Gasteiger partial charge is 0.425 e. The van der Waals surface area contributed by atoms with Gasteiger partial charge in [0.25, 0.3) is 0 Å². The Morgan fingerprint density at radius 2 is 2.00 bits per heavy atom. The van der Waals surface area contributed by atoms with E-state index in [1.807, 2.05) is 20.8 Å². The number of ether oxygens (including phenoxy) is 1. The first-order chi connectivity index (χ1) is 11.6. The molecule has 0 fully saturated rings. The molecule has 0 N–H and O–H groups in total. The predicted octanol–water partition coefficient (Wildman–Crippen LogP) is 4.10. The van der Waals surface area contributed by atoms with Crippen molar-refractivity contribution >= 4 is 23.3 Å². The minimum absolute atomic E-state index is 0.0852. The van der Waals surface area contributed by atoms with E-state index in [9.17, 15) is 14.9 Å². The highest BCUT2D eigenvalue weighted by atomic mass is 35.5. The van der Waals surface area contributed by atoms with Crippen molar-refractivity contribution in [3.8, 4) is 5.75 Å². The van der Waals surface area contributed by atoms with Crippen LogP contribution in [-0.2, 0) is 11.3 Å². The maximum Gasteiger partial charge on any atom is 0.333 e. The molecule has 7 nitrogen and oxygen atoms in total. The maximum absolute atomic E-state index is 12.3. The summed E-state index contributed by atoms with van der Waals surface area (Å²) in [5.74, 6) is 0.0118. The molecule has 0 saturated carbocycles. The summed E-state index contributed by atoms with van der Waals surface area (Å²) in [6.07, 6.45) is 0. The van der Waals surface area contributed by atoms with Gasteiger partial charge in [-0.2, -0.15) is 5.10 Å². The van der Waals surface area contributed by atoms with Crippen molar-refractivity contribution in [3.63, 3.8) is 0 Å². The molecule has 2 aromatic rings. The standard InChI is InChI=1S/C17H20ClN3O4/c1-9(2)13-7-14(18)10(3)6-15(13)25-16(22)8-20-12(5)17(21(23)24)11(4)19-20/h6-7,9H,8H2,1-5H3. The predicted molar refractivity (Wildman–Crippen MR) is 94.3 cm³/mol. The van der Waals surface area contributed by atoms with Crippen LogP contribution in [-0.4, -0.2) is 20.7 Å². The number of nitrogens with zero attached hydrogens (tertiary/aromatic N) is 3. The highest BCUT2D eigenvalue weighted by Crippen LogP contribution is 2.32. The number of halogens is 1. The van der Waals surface area contributed by atoms with Crippen LogP contribution in [0, 0.1) is 30.9 Å². The lowest BCUT2D eigenvalue weighted by molar-refractivity contribution is -0.386. The van der Waals surface area contributed by atoms with Gasteiger partial charge in [0, 0.05) is 5.02 Å². The highest BCUT2D eigenvalue weighted by molar-refractivity contribution is 6.31. The Balaban J connectivity index is 2.26. The van der Waals surface area contributed by atoms with Crippen molar-refractivity contribution in [3.05, 3.63) is 49.8 Å². The molecular weight excluding hydrogens is 346 g/mol. The Labute approximate surface area is 150 Å². The summed E-state index contributed by atoms with van der Waals surface area (Å²) in [5.41, 5.74) is 2.12. The molecule has 0 aliphatic heterocycles. The number of nitro groups is 1. The third-order valence-electron chi connectivity index (χ3n) is 3.94. The lowest BCUT2D eigenvalue weighted by atomic mass is 10.0. The summed E-state index contributed by atoms with van der Waals surface area (Å²) >= 11 is 6.15. The minimum Gasteiger partial charge on any atom is -0.425 e. The molecule has 1 heterocycles. The van der Waals surface area contributed by atoms with Gasteiger partial charge in [-0.15, -0.1) is 0 Å². The van der Waals surface area contributed by atoms with Gasteiger partial charge in [0.15, 0.2) is 0 Å². The van der Waals surface area contributed by atoms with Crippen LogP contribution in [0.4, 0.5) is 5.69 Å². The molecule has 0 atom stereocenters. The van der Waals surface area contributed by atoms with Crippen LogP contribution in [0.2, 0.25) is 5.02 Å². The van der Waals surface area contributed by atoms with Gasteiger partial charge in [0.2, 0.25) is 0 Å². The van der Waals surface area contributed by atoms with Crippen LogP contribution >= 0.6 is 11.6 Å². The second-order valence-corrected chi connectivity index (χ2v) is 6.61. The van der Waals surface area contributed by atoms with E-state index in [1.54, 1.807) is 19.1 Å². The SMILES string of the molecule is Cc1cc(OC(=O)Cn2nc(C)c([N+](=O)[O-])c2C)c(C(C)C)cc1Cl. The summed E-state index contributed by atoms with van der Waals surface area (Å²) < 4.78 is 6.77. The topological polar surface area (TPSA) is 87.3 Å². The van der Waals surface area contributed by atoms with Crippen LogP contribution in [0.3, 0.4) is 0 Å². The van der Waals surface area contributed by atoms with Crippen LogP contribution < -0.4 is 4.74 Å². The molecule has 2 rings (SSSR count). The summed E-state index contributed by atoms with van der Waals surface area (Å²) in [6.45, 7) is 8.66. The van der Waals surface area contributed by atoms with E-state index in [1.165, 1.54) is 11.6 Å². The number of hydrogen-bond donors (Lipinski definition) is 0. The van der Waals surface area contributed by atoms with E-state index in [0.717, 1.165) is 11.1 Å². The number of aromatic nitrogens is 2. The van der Waals surface area contributed by atoms with E-state index < -0.39 is 10.9 Å². The second-order valence-electron chi connectivity index (χ2n) is 6.20. The zero-order chi connectivity index (χ0) is 18.9. The van der Waals surface area contributed by atoms with Gasteiger partial charge in [-0.05, 0) is 49.9 Å². The number of benzene rings is 1. The number of aryl methyl sites for hydroxylation is 2. The van der Waals surface area contributed by atoms with Crippen LogP contribution in [0.25, 0.3) is 0 Å². The van der Waals surface area contributed by atoms with Crippen molar-refractivity contribution in [2.75, 3.05) is 0 Å². The molecule has 134 valence electrons. The Bertz CT molecular complexity index is 843. The Kier molecular flexibility index (Phi) is 5.47. The summed E-state index contributed by atoms with van der Waals surface area (Å²) in [6, 6.07) is 3.51. The number of rotatable bonds is 5. The lowest BCUT2D eigenvalue weighted by Crippen LogP contribution is -2.19. The fraction of sp³-hybridized carbons (Fsp3) is 0.412. The number of carbonyl (C=O) groups is 1. The first-order valence-corrected chi connectivity index (χ1v) is 8.18. The fourth-order valence-electron chi connectivity index (χ4n) is 2.59. The lowest BCUT2D eigenvalue weighted by Gasteiger charge is -2.15. The van der Waals surface area contributed by atoms with Crippen LogP contribution in [0.1, 0.15) is 42.3 Å². The van der Waals surface area contributed by atoms with E-state index in [2.05, 4.69) is 5.10 Å². The third-order valence-corrected chi connectivity index (χ3v) is 4.35. The molecule has 1 aromatic carbocycles. The van der Waals surface area contributed by atoms with Crippen molar-refractivity contribution in [1.29, 1.82) is 0 Å². The molecule has 0 bridgehead atoms. The Hall–Kier alpha value is -2.41. The molecule has 25 heavy (non-hydrogen) atoms. The van der Waals surface area contributed by atoms with Gasteiger partial charge in [0.05, 0.1) is 4.92 Å². The molecule has 0 amide bonds. The van der Waals surface area contributed by atoms with Crippen LogP contribution in [0.5, 0.6) is 5.75 Å². The molecular formula is C17H20ClN3O4. The summed E-state index contributed by atoms with van der Waals surface area (Å²) in [7, 11) is 0. The molecule has 0 spiro atoms. The average molecular weight is 366 g/mol. The minimum atomic E-state index is -0.552. The van der Waals surface area contributed by atoms with Crippen molar-refractivity contribution in [2.45, 2.75) is 47.1 Å². The zero-order valence-corrected chi connectivity index (χ0v) is 15.5. The van der Waals surface area contributed by atoms with E-state index in [4.69, 9.17) is 16.3 Å². The van der Waals surface area contributed by atoms with Gasteiger partial charge in [-0.25, -0.2) is 4.79 Å². The van der Waals surface area contributed by atoms with Crippen LogP contribution in [0.15, 0.2) is 12.1 Å². The average Bonchev–Trinajstić information content (AvgIpc) is 2.76. The monoisotopic (exact) mass is 365 g/mol. The van der Waals surface area contributed by atoms with Gasteiger partial charge >= 0.3 is 11.7 Å². The van der Waals surface area contributed by atoms with Gasteiger partial charge in [-0.1, -0.05) is 25.4 Å². The Morgan fingerprint density at radius 1 is 1.36 bits per heavy atom. The number of esters is 1. The summed E-state index contributed by atoms with van der Waals surface area (Å²) in [5, 5.41) is 15.7. The van der Waals surface area contributed by atoms with E-state index >= 15 is 0 Å². The first-order valence-electron chi connectivity index (χ1n) is 7.81. The fourth-order valence-corrected chi connectivity index (χ4v) is 2.76. The van der Waals surface area contributed by atoms with Crippen molar-refractivity contribution < 1.29 is 14.5 Å². The van der Waals surface area contributed by atoms with Gasteiger partial charge in [-0.3, -0.25) is 14.8 Å². The smallest absolute Gasteiger partial charge is 0.333 e. The number of carbonyl (C=O) groups excluding carboxylic acids is 1. The molecule has 0 aliphatic carbocycles. The van der Waals surface area contributed by atoms with E-state index in [-0.39, 0.29) is 23.8 Å². The maximum atomic E-state index is 12.3. The molecule has 1 aromatic heterocycles. The van der Waals surface area contributed by atoms with E-state index in [0.29, 0.717) is 16.5 Å². The second kappa shape index (κ2) is 7.23. The first kappa shape index (κ1) is 18.9. The quantitative estimate of drug-likeness (QED) is 0.344. The number of hydrogen-bond acceptors (Lipinski definition) is 5. The molecule has 0 saturated heterocycles. The molecule has 0 radical (unpaired) electrons. The molecule has 8 heteroatoms. The molecule has 0 unspecified atom stereocenters. The van der Waals surface area contributed by atoms with Gasteiger partial charge < -0.3 is 4.74 Å². The Morgan fingerprint density at radius 3 is 2.52 bits per heavy atom. The highest BCUT2D eigenvalue weighted by Gasteiger charge is 2.23. The zero-order valence-electron chi connectivity index (χ0n) is 14.8.